The van der Waals surface area contributed by atoms with Gasteiger partial charge >= 0.3 is 0 Å². The molecule has 0 atom stereocenters. The SMILES string of the molecule is CC1(C)C=C(n2cccc(N)c2=O)c2cnccc2O1. The molecule has 2 aromatic rings. The van der Waals surface area contributed by atoms with Crippen LogP contribution in [0.15, 0.2) is 47.7 Å². The number of pyridine rings is 2. The van der Waals surface area contributed by atoms with E-state index in [0.717, 1.165) is 11.3 Å². The quantitative estimate of drug-likeness (QED) is 0.858. The molecule has 0 aliphatic carbocycles. The highest BCUT2D eigenvalue weighted by Gasteiger charge is 2.27. The molecule has 5 nitrogen and oxygen atoms in total. The summed E-state index contributed by atoms with van der Waals surface area (Å²) in [5.74, 6) is 0.705. The van der Waals surface area contributed by atoms with Crippen LogP contribution < -0.4 is 16.0 Å². The average molecular weight is 269 g/mol. The van der Waals surface area contributed by atoms with Gasteiger partial charge in [-0.1, -0.05) is 0 Å². The maximum atomic E-state index is 12.2. The zero-order valence-electron chi connectivity index (χ0n) is 11.3. The molecular weight excluding hydrogens is 254 g/mol. The molecule has 0 amide bonds. The summed E-state index contributed by atoms with van der Waals surface area (Å²) in [5, 5.41) is 0. The maximum Gasteiger partial charge on any atom is 0.278 e. The van der Waals surface area contributed by atoms with E-state index in [4.69, 9.17) is 10.5 Å². The summed E-state index contributed by atoms with van der Waals surface area (Å²) in [6.45, 7) is 3.88. The summed E-state index contributed by atoms with van der Waals surface area (Å²) in [5.41, 5.74) is 6.68. The summed E-state index contributed by atoms with van der Waals surface area (Å²) in [6, 6.07) is 5.13. The minimum absolute atomic E-state index is 0.211. The highest BCUT2D eigenvalue weighted by Crippen LogP contribution is 2.35. The van der Waals surface area contributed by atoms with Gasteiger partial charge in [-0.25, -0.2) is 0 Å². The lowest BCUT2D eigenvalue weighted by Gasteiger charge is -2.31. The van der Waals surface area contributed by atoms with Crippen molar-refractivity contribution in [1.29, 1.82) is 0 Å². The van der Waals surface area contributed by atoms with Crippen molar-refractivity contribution in [2.75, 3.05) is 5.73 Å². The molecule has 0 spiro atoms. The van der Waals surface area contributed by atoms with Crippen molar-refractivity contribution in [3.05, 3.63) is 58.8 Å². The molecule has 2 aromatic heterocycles. The Balaban J connectivity index is 2.28. The molecule has 3 rings (SSSR count). The largest absolute Gasteiger partial charge is 0.483 e. The number of nitrogen functional groups attached to an aromatic ring is 1. The fourth-order valence-electron chi connectivity index (χ4n) is 2.28. The average Bonchev–Trinajstić information content (AvgIpc) is 2.40. The number of nitrogens with two attached hydrogens (primary N) is 1. The Labute approximate surface area is 116 Å². The molecule has 0 saturated heterocycles. The van der Waals surface area contributed by atoms with Gasteiger partial charge in [0, 0.05) is 18.6 Å². The summed E-state index contributed by atoms with van der Waals surface area (Å²) >= 11 is 0. The van der Waals surface area contributed by atoms with Crippen LogP contribution in [0.4, 0.5) is 5.69 Å². The molecule has 0 aromatic carbocycles. The second-order valence-electron chi connectivity index (χ2n) is 5.25. The van der Waals surface area contributed by atoms with Gasteiger partial charge < -0.3 is 10.5 Å². The minimum atomic E-state index is -0.506. The zero-order valence-corrected chi connectivity index (χ0v) is 11.3. The van der Waals surface area contributed by atoms with Crippen molar-refractivity contribution >= 4 is 11.4 Å². The minimum Gasteiger partial charge on any atom is -0.483 e. The van der Waals surface area contributed by atoms with Gasteiger partial charge in [0.05, 0.1) is 16.9 Å². The fourth-order valence-corrected chi connectivity index (χ4v) is 2.28. The molecule has 2 N–H and O–H groups in total. The number of anilines is 1. The van der Waals surface area contributed by atoms with E-state index in [1.807, 2.05) is 19.9 Å². The van der Waals surface area contributed by atoms with Crippen LogP contribution in [0.1, 0.15) is 19.4 Å². The molecule has 102 valence electrons. The first kappa shape index (κ1) is 12.5. The Bertz CT molecular complexity index is 760. The van der Waals surface area contributed by atoms with E-state index in [0.29, 0.717) is 5.75 Å². The fraction of sp³-hybridized carbons (Fsp3) is 0.200. The Kier molecular flexibility index (Phi) is 2.64. The molecule has 5 heteroatoms. The van der Waals surface area contributed by atoms with Crippen molar-refractivity contribution in [1.82, 2.24) is 9.55 Å². The lowest BCUT2D eigenvalue weighted by atomic mass is 10.0. The number of nitrogens with zero attached hydrogens (tertiary/aromatic N) is 2. The van der Waals surface area contributed by atoms with Crippen LogP contribution in [-0.4, -0.2) is 15.2 Å². The van der Waals surface area contributed by atoms with Crippen molar-refractivity contribution in [2.45, 2.75) is 19.4 Å². The molecule has 0 saturated carbocycles. The molecule has 3 heterocycles. The smallest absolute Gasteiger partial charge is 0.278 e. The predicted molar refractivity (Wildman–Crippen MR) is 77.4 cm³/mol. The number of hydrogen-bond acceptors (Lipinski definition) is 4. The summed E-state index contributed by atoms with van der Waals surface area (Å²) in [4.78, 5) is 16.3. The highest BCUT2D eigenvalue weighted by atomic mass is 16.5. The third-order valence-corrected chi connectivity index (χ3v) is 3.15. The van der Waals surface area contributed by atoms with Crippen LogP contribution >= 0.6 is 0 Å². The number of rotatable bonds is 1. The van der Waals surface area contributed by atoms with E-state index in [1.54, 1.807) is 36.8 Å². The van der Waals surface area contributed by atoms with Gasteiger partial charge in [-0.05, 0) is 38.1 Å². The highest BCUT2D eigenvalue weighted by molar-refractivity contribution is 5.73. The topological polar surface area (TPSA) is 70.1 Å². The Morgan fingerprint density at radius 1 is 1.35 bits per heavy atom. The van der Waals surface area contributed by atoms with E-state index in [2.05, 4.69) is 4.98 Å². The molecule has 0 radical (unpaired) electrons. The van der Waals surface area contributed by atoms with Gasteiger partial charge in [-0.2, -0.15) is 0 Å². The van der Waals surface area contributed by atoms with Crippen LogP contribution in [0, 0.1) is 0 Å². The number of ether oxygens (including phenoxy) is 1. The van der Waals surface area contributed by atoms with Crippen molar-refractivity contribution in [2.24, 2.45) is 0 Å². The molecule has 20 heavy (non-hydrogen) atoms. The Morgan fingerprint density at radius 2 is 2.15 bits per heavy atom. The van der Waals surface area contributed by atoms with Crippen LogP contribution in [-0.2, 0) is 0 Å². The summed E-state index contributed by atoms with van der Waals surface area (Å²) in [7, 11) is 0. The number of aromatic nitrogens is 2. The lowest BCUT2D eigenvalue weighted by Crippen LogP contribution is -2.32. The van der Waals surface area contributed by atoms with E-state index < -0.39 is 5.60 Å². The normalized spacial score (nSPS) is 16.0. The van der Waals surface area contributed by atoms with Gasteiger partial charge in [0.2, 0.25) is 0 Å². The van der Waals surface area contributed by atoms with E-state index >= 15 is 0 Å². The first-order valence-corrected chi connectivity index (χ1v) is 6.32. The first-order chi connectivity index (χ1) is 9.48. The molecule has 1 aliphatic heterocycles. The molecule has 0 fully saturated rings. The van der Waals surface area contributed by atoms with Gasteiger partial charge in [0.1, 0.15) is 11.4 Å². The number of fused-ring (bicyclic) bond motifs is 1. The van der Waals surface area contributed by atoms with E-state index in [1.165, 1.54) is 4.57 Å². The summed E-state index contributed by atoms with van der Waals surface area (Å²) in [6.07, 6.45) is 6.95. The third kappa shape index (κ3) is 1.97. The number of hydrogen-bond donors (Lipinski definition) is 1. The standard InChI is InChI=1S/C15H15N3O2/c1-15(2)8-12(10-9-17-6-5-13(10)20-15)18-7-3-4-11(16)14(18)19/h3-9H,16H2,1-2H3. The molecule has 0 unspecified atom stereocenters. The maximum absolute atomic E-state index is 12.2. The molecule has 1 aliphatic rings. The second kappa shape index (κ2) is 4.23. The lowest BCUT2D eigenvalue weighted by molar-refractivity contribution is 0.157. The Morgan fingerprint density at radius 3 is 2.95 bits per heavy atom. The second-order valence-corrected chi connectivity index (χ2v) is 5.25. The van der Waals surface area contributed by atoms with Gasteiger partial charge in [0.15, 0.2) is 0 Å². The van der Waals surface area contributed by atoms with Gasteiger partial charge in [-0.15, -0.1) is 0 Å². The van der Waals surface area contributed by atoms with Crippen LogP contribution in [0.5, 0.6) is 5.75 Å². The van der Waals surface area contributed by atoms with Crippen molar-refractivity contribution in [3.8, 4) is 5.75 Å². The van der Waals surface area contributed by atoms with Crippen molar-refractivity contribution in [3.63, 3.8) is 0 Å². The van der Waals surface area contributed by atoms with Crippen LogP contribution in [0.3, 0.4) is 0 Å². The van der Waals surface area contributed by atoms with E-state index in [-0.39, 0.29) is 11.2 Å². The van der Waals surface area contributed by atoms with Crippen molar-refractivity contribution < 1.29 is 4.74 Å². The van der Waals surface area contributed by atoms with Gasteiger partial charge in [-0.3, -0.25) is 14.3 Å². The Hall–Kier alpha value is -2.56. The monoisotopic (exact) mass is 269 g/mol. The third-order valence-electron chi connectivity index (χ3n) is 3.15. The molecular formula is C15H15N3O2. The predicted octanol–water partition coefficient (Wildman–Crippen LogP) is 1.89. The molecule has 0 bridgehead atoms. The zero-order chi connectivity index (χ0) is 14.3. The first-order valence-electron chi connectivity index (χ1n) is 6.32. The van der Waals surface area contributed by atoms with Crippen LogP contribution in [0.25, 0.3) is 5.70 Å². The van der Waals surface area contributed by atoms with Crippen LogP contribution in [0.2, 0.25) is 0 Å². The van der Waals surface area contributed by atoms with E-state index in [9.17, 15) is 4.79 Å². The van der Waals surface area contributed by atoms with Gasteiger partial charge in [0.25, 0.3) is 5.56 Å². The summed E-state index contributed by atoms with van der Waals surface area (Å²) < 4.78 is 7.41.